The molecule has 112 valence electrons. The van der Waals surface area contributed by atoms with Gasteiger partial charge in [-0.15, -0.1) is 0 Å². The van der Waals surface area contributed by atoms with Crippen LogP contribution in [0, 0.1) is 5.82 Å². The number of aliphatic carboxylic acids is 1. The zero-order valence-corrected chi connectivity index (χ0v) is 11.4. The molecule has 1 N–H and O–H groups in total. The lowest BCUT2D eigenvalue weighted by Crippen LogP contribution is -2.40. The van der Waals surface area contributed by atoms with E-state index in [4.69, 9.17) is 5.11 Å². The topological polar surface area (TPSA) is 74.7 Å². The Bertz CT molecular complexity index is 555. The maximum Gasteiger partial charge on any atom is 0.326 e. The third-order valence-corrected chi connectivity index (χ3v) is 3.59. The first-order valence-electron chi connectivity index (χ1n) is 6.80. The number of carboxylic acids is 1. The first-order chi connectivity index (χ1) is 9.99. The van der Waals surface area contributed by atoms with Gasteiger partial charge >= 0.3 is 5.97 Å². The Kier molecular flexibility index (Phi) is 4.67. The van der Waals surface area contributed by atoms with Gasteiger partial charge in [0.15, 0.2) is 5.78 Å². The van der Waals surface area contributed by atoms with Gasteiger partial charge in [-0.3, -0.25) is 9.59 Å². The van der Waals surface area contributed by atoms with Gasteiger partial charge in [0.05, 0.1) is 0 Å². The second kappa shape index (κ2) is 6.47. The normalized spacial score (nSPS) is 17.8. The Labute approximate surface area is 121 Å². The highest BCUT2D eigenvalue weighted by atomic mass is 19.1. The van der Waals surface area contributed by atoms with Crippen molar-refractivity contribution in [3.05, 3.63) is 35.6 Å². The molecule has 1 aromatic carbocycles. The van der Waals surface area contributed by atoms with Crippen molar-refractivity contribution >= 4 is 17.7 Å². The molecule has 0 aliphatic carbocycles. The molecule has 5 nitrogen and oxygen atoms in total. The summed E-state index contributed by atoms with van der Waals surface area (Å²) in [5.74, 6) is -2.01. The van der Waals surface area contributed by atoms with Gasteiger partial charge in [-0.05, 0) is 37.1 Å². The summed E-state index contributed by atoms with van der Waals surface area (Å²) < 4.78 is 12.8. The number of carbonyl (C=O) groups excluding carboxylic acids is 2. The van der Waals surface area contributed by atoms with E-state index in [0.717, 1.165) is 0 Å². The number of carbonyl (C=O) groups is 3. The smallest absolute Gasteiger partial charge is 0.326 e. The fourth-order valence-corrected chi connectivity index (χ4v) is 2.47. The first kappa shape index (κ1) is 15.2. The Morgan fingerprint density at radius 3 is 2.48 bits per heavy atom. The minimum absolute atomic E-state index is 0.00664. The van der Waals surface area contributed by atoms with E-state index in [1.165, 1.54) is 29.2 Å². The fraction of sp³-hybridized carbons (Fsp3) is 0.400. The molecule has 0 saturated carbocycles. The minimum atomic E-state index is -1.01. The van der Waals surface area contributed by atoms with E-state index in [1.54, 1.807) is 0 Å². The fourth-order valence-electron chi connectivity index (χ4n) is 2.47. The van der Waals surface area contributed by atoms with Crippen molar-refractivity contribution in [1.82, 2.24) is 4.90 Å². The lowest BCUT2D eigenvalue weighted by atomic mass is 10.1. The SMILES string of the molecule is O=C(CCC(=O)N1CCCC1C(=O)O)c1ccc(F)cc1. The molecule has 2 rings (SSSR count). The molecule has 1 fully saturated rings. The Morgan fingerprint density at radius 2 is 1.86 bits per heavy atom. The molecule has 1 aromatic rings. The van der Waals surface area contributed by atoms with E-state index < -0.39 is 17.8 Å². The Balaban J connectivity index is 1.90. The van der Waals surface area contributed by atoms with Crippen LogP contribution in [0.25, 0.3) is 0 Å². The van der Waals surface area contributed by atoms with Crippen LogP contribution >= 0.6 is 0 Å². The number of ketones is 1. The molecule has 1 unspecified atom stereocenters. The average Bonchev–Trinajstić information content (AvgIpc) is 2.95. The summed E-state index contributed by atoms with van der Waals surface area (Å²) in [5, 5.41) is 9.02. The highest BCUT2D eigenvalue weighted by molar-refractivity contribution is 5.98. The van der Waals surface area contributed by atoms with Crippen LogP contribution in [0.1, 0.15) is 36.0 Å². The molecule has 21 heavy (non-hydrogen) atoms. The van der Waals surface area contributed by atoms with Gasteiger partial charge in [-0.2, -0.15) is 0 Å². The summed E-state index contributed by atoms with van der Waals surface area (Å²) in [6.07, 6.45) is 1.08. The number of carboxylic acid groups (broad SMARTS) is 1. The second-order valence-electron chi connectivity index (χ2n) is 5.01. The van der Waals surface area contributed by atoms with Crippen molar-refractivity contribution in [3.8, 4) is 0 Å². The molecule has 1 aliphatic rings. The molecule has 1 atom stereocenters. The van der Waals surface area contributed by atoms with Crippen LogP contribution in [0.4, 0.5) is 4.39 Å². The molecule has 6 heteroatoms. The number of benzene rings is 1. The number of hydrogen-bond donors (Lipinski definition) is 1. The number of nitrogens with zero attached hydrogens (tertiary/aromatic N) is 1. The van der Waals surface area contributed by atoms with E-state index >= 15 is 0 Å². The number of rotatable bonds is 5. The highest BCUT2D eigenvalue weighted by Gasteiger charge is 2.33. The molecule has 1 heterocycles. The van der Waals surface area contributed by atoms with Gasteiger partial charge in [0, 0.05) is 24.9 Å². The maximum absolute atomic E-state index is 12.8. The van der Waals surface area contributed by atoms with Gasteiger partial charge in [0.2, 0.25) is 5.91 Å². The summed E-state index contributed by atoms with van der Waals surface area (Å²) in [6, 6.07) is 4.35. The van der Waals surface area contributed by atoms with Gasteiger partial charge in [0.1, 0.15) is 11.9 Å². The minimum Gasteiger partial charge on any atom is -0.480 e. The standard InChI is InChI=1S/C15H16FNO4/c16-11-5-3-10(4-6-11)13(18)7-8-14(19)17-9-1-2-12(17)15(20)21/h3-6,12H,1-2,7-9H2,(H,20,21). The molecule has 1 saturated heterocycles. The van der Waals surface area contributed by atoms with Crippen LogP contribution in [-0.4, -0.2) is 40.3 Å². The lowest BCUT2D eigenvalue weighted by molar-refractivity contribution is -0.148. The molecular weight excluding hydrogens is 277 g/mol. The largest absolute Gasteiger partial charge is 0.480 e. The van der Waals surface area contributed by atoms with Crippen LogP contribution in [0.15, 0.2) is 24.3 Å². The summed E-state index contributed by atoms with van der Waals surface area (Å²) >= 11 is 0. The van der Waals surface area contributed by atoms with Crippen LogP contribution in [0.5, 0.6) is 0 Å². The predicted octanol–water partition coefficient (Wildman–Crippen LogP) is 1.86. The Hall–Kier alpha value is -2.24. The summed E-state index contributed by atoms with van der Waals surface area (Å²) in [6.45, 7) is 0.417. The van der Waals surface area contributed by atoms with Crippen LogP contribution in [0.2, 0.25) is 0 Å². The zero-order chi connectivity index (χ0) is 15.4. The van der Waals surface area contributed by atoms with Gasteiger partial charge in [-0.1, -0.05) is 0 Å². The molecule has 0 spiro atoms. The first-order valence-corrected chi connectivity index (χ1v) is 6.80. The molecule has 1 amide bonds. The van der Waals surface area contributed by atoms with Crippen molar-refractivity contribution in [2.45, 2.75) is 31.7 Å². The van der Waals surface area contributed by atoms with Crippen molar-refractivity contribution in [2.75, 3.05) is 6.54 Å². The van der Waals surface area contributed by atoms with E-state index in [0.29, 0.717) is 24.9 Å². The third-order valence-electron chi connectivity index (χ3n) is 3.59. The van der Waals surface area contributed by atoms with Gasteiger partial charge in [0.25, 0.3) is 0 Å². The van der Waals surface area contributed by atoms with Gasteiger partial charge < -0.3 is 10.0 Å². The van der Waals surface area contributed by atoms with Crippen molar-refractivity contribution in [3.63, 3.8) is 0 Å². The van der Waals surface area contributed by atoms with Gasteiger partial charge in [-0.25, -0.2) is 9.18 Å². The molecule has 0 aromatic heterocycles. The maximum atomic E-state index is 12.8. The highest BCUT2D eigenvalue weighted by Crippen LogP contribution is 2.19. The van der Waals surface area contributed by atoms with E-state index in [-0.39, 0.29) is 24.5 Å². The van der Waals surface area contributed by atoms with Crippen molar-refractivity contribution in [1.29, 1.82) is 0 Å². The number of hydrogen-bond acceptors (Lipinski definition) is 3. The zero-order valence-electron chi connectivity index (χ0n) is 11.4. The quantitative estimate of drug-likeness (QED) is 0.841. The molecule has 0 bridgehead atoms. The van der Waals surface area contributed by atoms with Crippen LogP contribution in [0.3, 0.4) is 0 Å². The monoisotopic (exact) mass is 293 g/mol. The van der Waals surface area contributed by atoms with Crippen LogP contribution in [-0.2, 0) is 9.59 Å². The van der Waals surface area contributed by atoms with E-state index in [2.05, 4.69) is 0 Å². The molecule has 0 radical (unpaired) electrons. The van der Waals surface area contributed by atoms with Crippen LogP contribution < -0.4 is 0 Å². The van der Waals surface area contributed by atoms with E-state index in [1.807, 2.05) is 0 Å². The molecular formula is C15H16FNO4. The van der Waals surface area contributed by atoms with Crippen molar-refractivity contribution < 1.29 is 23.9 Å². The Morgan fingerprint density at radius 1 is 1.19 bits per heavy atom. The number of halogens is 1. The average molecular weight is 293 g/mol. The third kappa shape index (κ3) is 3.65. The number of Topliss-reactive ketones (excluding diaryl/α,β-unsaturated/α-hetero) is 1. The van der Waals surface area contributed by atoms with Crippen molar-refractivity contribution in [2.24, 2.45) is 0 Å². The summed E-state index contributed by atoms with van der Waals surface area (Å²) in [5.41, 5.74) is 0.348. The van der Waals surface area contributed by atoms with E-state index in [9.17, 15) is 18.8 Å². The molecule has 1 aliphatic heterocycles. The lowest BCUT2D eigenvalue weighted by Gasteiger charge is -2.21. The number of likely N-dealkylation sites (tertiary alicyclic amines) is 1. The second-order valence-corrected chi connectivity index (χ2v) is 5.01. The summed E-state index contributed by atoms with van der Waals surface area (Å²) in [7, 11) is 0. The number of amides is 1. The summed E-state index contributed by atoms with van der Waals surface area (Å²) in [4.78, 5) is 36.2. The predicted molar refractivity (Wildman–Crippen MR) is 72.3 cm³/mol.